The Hall–Kier alpha value is -3.07. The Balaban J connectivity index is 2.00. The van der Waals surface area contributed by atoms with Gasteiger partial charge in [-0.2, -0.15) is 0 Å². The largest absolute Gasteiger partial charge is 0.326 e. The predicted molar refractivity (Wildman–Crippen MR) is 122 cm³/mol. The molecule has 0 amide bonds. The van der Waals surface area contributed by atoms with E-state index in [-0.39, 0.29) is 0 Å². The van der Waals surface area contributed by atoms with E-state index in [1.807, 2.05) is 0 Å². The Morgan fingerprint density at radius 3 is 1.43 bits per heavy atom. The molecule has 0 radical (unpaired) electrons. The molecule has 0 aliphatic heterocycles. The average Bonchev–Trinajstić information content (AvgIpc) is 2.62. The lowest BCUT2D eigenvalue weighted by Gasteiger charge is -2.17. The molecule has 0 spiro atoms. The van der Waals surface area contributed by atoms with Crippen LogP contribution in [0, 0.1) is 41.5 Å². The second-order valence-electron chi connectivity index (χ2n) is 7.64. The zero-order valence-electron chi connectivity index (χ0n) is 17.6. The van der Waals surface area contributed by atoms with Crippen LogP contribution in [0.2, 0.25) is 0 Å². The maximum atomic E-state index is 4.91. The summed E-state index contributed by atoms with van der Waals surface area (Å²) in [6, 6.07) is 19.1. The Kier molecular flexibility index (Phi) is 5.84. The molecule has 0 heterocycles. The molecule has 0 unspecified atom stereocenters. The number of nitrogens with one attached hydrogen (secondary N) is 2. The van der Waals surface area contributed by atoms with Gasteiger partial charge in [0.1, 0.15) is 0 Å². The summed E-state index contributed by atoms with van der Waals surface area (Å²) in [6.45, 7) is 12.6. The summed E-state index contributed by atoms with van der Waals surface area (Å²) < 4.78 is 0. The van der Waals surface area contributed by atoms with Crippen LogP contribution >= 0.6 is 0 Å². The van der Waals surface area contributed by atoms with E-state index in [0.717, 1.165) is 22.6 Å². The van der Waals surface area contributed by atoms with Crippen molar-refractivity contribution >= 4 is 23.0 Å². The topological polar surface area (TPSA) is 36.4 Å². The first kappa shape index (κ1) is 19.7. The van der Waals surface area contributed by atoms with Crippen LogP contribution < -0.4 is 10.6 Å². The first-order valence-electron chi connectivity index (χ1n) is 9.66. The Bertz CT molecular complexity index is 976. The zero-order chi connectivity index (χ0) is 20.3. The summed E-state index contributed by atoms with van der Waals surface area (Å²) in [6.07, 6.45) is 0. The molecule has 3 aromatic carbocycles. The lowest BCUT2D eigenvalue weighted by Crippen LogP contribution is -2.23. The zero-order valence-corrected chi connectivity index (χ0v) is 17.6. The summed E-state index contributed by atoms with van der Waals surface area (Å²) >= 11 is 0. The third-order valence-corrected chi connectivity index (χ3v) is 4.85. The molecule has 0 aliphatic carbocycles. The second-order valence-corrected chi connectivity index (χ2v) is 7.64. The van der Waals surface area contributed by atoms with Gasteiger partial charge in [-0.05, 0) is 76.4 Å². The van der Waals surface area contributed by atoms with Crippen LogP contribution in [0.15, 0.2) is 59.6 Å². The SMILES string of the molecule is Cc1ccc(N=C(Nc2ccc(C)cc2C)Nc2ccc(C)cc2C)c(C)c1. The molecule has 0 fully saturated rings. The first-order valence-corrected chi connectivity index (χ1v) is 9.66. The van der Waals surface area contributed by atoms with Crippen molar-refractivity contribution in [3.05, 3.63) is 88.0 Å². The number of hydrogen-bond acceptors (Lipinski definition) is 1. The van der Waals surface area contributed by atoms with E-state index in [1.54, 1.807) is 0 Å². The maximum absolute atomic E-state index is 4.91. The van der Waals surface area contributed by atoms with Gasteiger partial charge in [-0.3, -0.25) is 0 Å². The van der Waals surface area contributed by atoms with Crippen molar-refractivity contribution in [3.63, 3.8) is 0 Å². The van der Waals surface area contributed by atoms with Gasteiger partial charge in [-0.1, -0.05) is 53.1 Å². The van der Waals surface area contributed by atoms with Gasteiger partial charge in [0.05, 0.1) is 5.69 Å². The van der Waals surface area contributed by atoms with Crippen molar-refractivity contribution in [2.24, 2.45) is 4.99 Å². The van der Waals surface area contributed by atoms with E-state index in [2.05, 4.69) is 107 Å². The molecule has 3 heteroatoms. The summed E-state index contributed by atoms with van der Waals surface area (Å²) in [5.41, 5.74) is 10.3. The van der Waals surface area contributed by atoms with E-state index in [4.69, 9.17) is 4.99 Å². The van der Waals surface area contributed by atoms with Crippen LogP contribution in [0.5, 0.6) is 0 Å². The normalized spacial score (nSPS) is 10.5. The molecule has 2 N–H and O–H groups in total. The number of aliphatic imine (C=N–C) groups is 1. The molecule has 0 saturated heterocycles. The molecule has 0 aromatic heterocycles. The number of rotatable bonds is 3. The van der Waals surface area contributed by atoms with Crippen molar-refractivity contribution in [1.82, 2.24) is 0 Å². The van der Waals surface area contributed by atoms with Gasteiger partial charge in [0.25, 0.3) is 0 Å². The number of benzene rings is 3. The van der Waals surface area contributed by atoms with Gasteiger partial charge in [-0.15, -0.1) is 0 Å². The predicted octanol–water partition coefficient (Wildman–Crippen LogP) is 6.75. The number of nitrogens with zero attached hydrogens (tertiary/aromatic N) is 1. The first-order chi connectivity index (χ1) is 13.3. The fraction of sp³-hybridized carbons (Fsp3) is 0.240. The summed E-state index contributed by atoms with van der Waals surface area (Å²) in [5.74, 6) is 0.714. The molecular formula is C25H29N3. The highest BCUT2D eigenvalue weighted by Crippen LogP contribution is 2.23. The van der Waals surface area contributed by atoms with Crippen molar-refractivity contribution in [3.8, 4) is 0 Å². The molecule has 0 bridgehead atoms. The van der Waals surface area contributed by atoms with E-state index in [9.17, 15) is 0 Å². The number of hydrogen-bond donors (Lipinski definition) is 2. The van der Waals surface area contributed by atoms with E-state index < -0.39 is 0 Å². The smallest absolute Gasteiger partial charge is 0.205 e. The van der Waals surface area contributed by atoms with Crippen LogP contribution in [0.3, 0.4) is 0 Å². The molecule has 0 saturated carbocycles. The highest BCUT2D eigenvalue weighted by atomic mass is 15.2. The van der Waals surface area contributed by atoms with Crippen LogP contribution in [0.25, 0.3) is 0 Å². The average molecular weight is 372 g/mol. The lowest BCUT2D eigenvalue weighted by molar-refractivity contribution is 1.32. The molecular weight excluding hydrogens is 342 g/mol. The lowest BCUT2D eigenvalue weighted by atomic mass is 10.1. The van der Waals surface area contributed by atoms with Crippen molar-refractivity contribution in [2.75, 3.05) is 10.6 Å². The van der Waals surface area contributed by atoms with Crippen molar-refractivity contribution in [1.29, 1.82) is 0 Å². The molecule has 3 nitrogen and oxygen atoms in total. The fourth-order valence-electron chi connectivity index (χ4n) is 3.30. The third kappa shape index (κ3) is 4.80. The van der Waals surface area contributed by atoms with Crippen LogP contribution in [-0.4, -0.2) is 5.96 Å². The standard InChI is InChI=1S/C25H29N3/c1-16-7-10-22(19(4)13-16)26-25(27-23-11-8-17(2)14-20(23)5)28-24-12-9-18(3)15-21(24)6/h7-15H,1-6H3,(H2,26,27,28). The van der Waals surface area contributed by atoms with Gasteiger partial charge >= 0.3 is 0 Å². The quantitative estimate of drug-likeness (QED) is 0.395. The monoisotopic (exact) mass is 371 g/mol. The minimum absolute atomic E-state index is 0.714. The summed E-state index contributed by atoms with van der Waals surface area (Å²) in [4.78, 5) is 4.91. The molecule has 28 heavy (non-hydrogen) atoms. The van der Waals surface area contributed by atoms with Crippen LogP contribution in [0.1, 0.15) is 33.4 Å². The summed E-state index contributed by atoms with van der Waals surface area (Å²) in [5, 5.41) is 6.99. The Morgan fingerprint density at radius 2 is 1.00 bits per heavy atom. The van der Waals surface area contributed by atoms with Crippen LogP contribution in [0.4, 0.5) is 17.1 Å². The molecule has 0 aliphatic rings. The Labute approximate surface area is 168 Å². The van der Waals surface area contributed by atoms with Crippen LogP contribution in [-0.2, 0) is 0 Å². The van der Waals surface area contributed by atoms with E-state index in [0.29, 0.717) is 5.96 Å². The molecule has 144 valence electrons. The maximum Gasteiger partial charge on any atom is 0.205 e. The Morgan fingerprint density at radius 1 is 0.571 bits per heavy atom. The number of aryl methyl sites for hydroxylation is 6. The molecule has 3 rings (SSSR count). The van der Waals surface area contributed by atoms with Gasteiger partial charge < -0.3 is 10.6 Å². The fourth-order valence-corrected chi connectivity index (χ4v) is 3.30. The third-order valence-electron chi connectivity index (χ3n) is 4.85. The number of guanidine groups is 1. The van der Waals surface area contributed by atoms with Crippen molar-refractivity contribution in [2.45, 2.75) is 41.5 Å². The van der Waals surface area contributed by atoms with Gasteiger partial charge in [0.15, 0.2) is 0 Å². The van der Waals surface area contributed by atoms with Gasteiger partial charge in [-0.25, -0.2) is 4.99 Å². The van der Waals surface area contributed by atoms with Gasteiger partial charge in [0, 0.05) is 11.4 Å². The van der Waals surface area contributed by atoms with E-state index in [1.165, 1.54) is 27.8 Å². The minimum Gasteiger partial charge on any atom is -0.326 e. The highest BCUT2D eigenvalue weighted by molar-refractivity contribution is 6.05. The summed E-state index contributed by atoms with van der Waals surface area (Å²) in [7, 11) is 0. The van der Waals surface area contributed by atoms with Gasteiger partial charge in [0.2, 0.25) is 5.96 Å². The van der Waals surface area contributed by atoms with Crippen molar-refractivity contribution < 1.29 is 0 Å². The molecule has 0 atom stereocenters. The highest BCUT2D eigenvalue weighted by Gasteiger charge is 2.08. The second kappa shape index (κ2) is 8.30. The minimum atomic E-state index is 0.714. The molecule has 3 aromatic rings. The van der Waals surface area contributed by atoms with E-state index >= 15 is 0 Å². The number of anilines is 2.